The van der Waals surface area contributed by atoms with E-state index in [4.69, 9.17) is 0 Å². The Labute approximate surface area is 118 Å². The van der Waals surface area contributed by atoms with E-state index >= 15 is 0 Å². The van der Waals surface area contributed by atoms with Crippen molar-refractivity contribution in [3.8, 4) is 0 Å². The van der Waals surface area contributed by atoms with E-state index in [0.717, 1.165) is 16.5 Å². The van der Waals surface area contributed by atoms with E-state index in [1.165, 1.54) is 0 Å². The molecule has 1 aliphatic heterocycles. The Morgan fingerprint density at radius 3 is 2.60 bits per heavy atom. The first-order chi connectivity index (χ1) is 9.74. The molecule has 1 heterocycles. The van der Waals surface area contributed by atoms with E-state index in [2.05, 4.69) is 5.32 Å². The lowest BCUT2D eigenvalue weighted by molar-refractivity contribution is 0.0972. The molecule has 0 atom stereocenters. The molecule has 4 heteroatoms. The zero-order chi connectivity index (χ0) is 13.9. The van der Waals surface area contributed by atoms with Crippen LogP contribution in [0.4, 0.5) is 10.5 Å². The van der Waals surface area contributed by atoms with Gasteiger partial charge in [-0.15, -0.1) is 0 Å². The fourth-order valence-electron chi connectivity index (χ4n) is 2.60. The van der Waals surface area contributed by atoms with Crippen molar-refractivity contribution in [2.75, 3.05) is 18.4 Å². The highest BCUT2D eigenvalue weighted by Crippen LogP contribution is 2.23. The zero-order valence-corrected chi connectivity index (χ0v) is 11.2. The summed E-state index contributed by atoms with van der Waals surface area (Å²) in [5, 5.41) is 14.6. The molecule has 3 rings (SSSR count). The molecular weight excluding hydrogens is 252 g/mol. The highest BCUT2D eigenvalue weighted by Gasteiger charge is 2.21. The number of aliphatic hydroxyl groups excluding tert-OH is 1. The normalized spacial score (nSPS) is 16.4. The van der Waals surface area contributed by atoms with Gasteiger partial charge in [-0.3, -0.25) is 0 Å². The number of carbonyl (C=O) groups is 1. The molecule has 4 nitrogen and oxygen atoms in total. The lowest BCUT2D eigenvalue weighted by atomic mass is 10.1. The van der Waals surface area contributed by atoms with Gasteiger partial charge in [0.25, 0.3) is 0 Å². The monoisotopic (exact) mass is 270 g/mol. The summed E-state index contributed by atoms with van der Waals surface area (Å²) >= 11 is 0. The van der Waals surface area contributed by atoms with Crippen molar-refractivity contribution in [2.24, 2.45) is 0 Å². The number of benzene rings is 2. The van der Waals surface area contributed by atoms with Crippen molar-refractivity contribution in [1.29, 1.82) is 0 Å². The Hall–Kier alpha value is -2.07. The van der Waals surface area contributed by atoms with Crippen LogP contribution < -0.4 is 5.32 Å². The summed E-state index contributed by atoms with van der Waals surface area (Å²) in [4.78, 5) is 14.0. The van der Waals surface area contributed by atoms with Crippen molar-refractivity contribution < 1.29 is 9.90 Å². The van der Waals surface area contributed by atoms with Gasteiger partial charge in [-0.25, -0.2) is 4.79 Å². The van der Waals surface area contributed by atoms with Gasteiger partial charge in [0.15, 0.2) is 0 Å². The molecule has 0 aliphatic carbocycles. The molecule has 2 aromatic carbocycles. The molecule has 0 bridgehead atoms. The fraction of sp³-hybridized carbons (Fsp3) is 0.312. The largest absolute Gasteiger partial charge is 0.393 e. The number of amides is 2. The molecule has 0 spiro atoms. The van der Waals surface area contributed by atoms with Crippen molar-refractivity contribution in [3.63, 3.8) is 0 Å². The van der Waals surface area contributed by atoms with Crippen LogP contribution >= 0.6 is 0 Å². The molecule has 2 aromatic rings. The predicted molar refractivity (Wildman–Crippen MR) is 79.8 cm³/mol. The number of hydrogen-bond acceptors (Lipinski definition) is 2. The van der Waals surface area contributed by atoms with Gasteiger partial charge in [-0.1, -0.05) is 36.4 Å². The molecule has 0 unspecified atom stereocenters. The second-order valence-electron chi connectivity index (χ2n) is 5.18. The minimum absolute atomic E-state index is 0.0896. The van der Waals surface area contributed by atoms with Crippen molar-refractivity contribution in [1.82, 2.24) is 4.90 Å². The van der Waals surface area contributed by atoms with E-state index in [9.17, 15) is 9.90 Å². The van der Waals surface area contributed by atoms with Crippen molar-refractivity contribution in [2.45, 2.75) is 18.9 Å². The van der Waals surface area contributed by atoms with E-state index < -0.39 is 0 Å². The van der Waals surface area contributed by atoms with Crippen LogP contribution in [-0.4, -0.2) is 35.2 Å². The summed E-state index contributed by atoms with van der Waals surface area (Å²) in [5.41, 5.74) is 0.833. The minimum Gasteiger partial charge on any atom is -0.393 e. The van der Waals surface area contributed by atoms with Crippen LogP contribution in [0.15, 0.2) is 42.5 Å². The van der Waals surface area contributed by atoms with Crippen LogP contribution in [0.25, 0.3) is 10.8 Å². The molecule has 20 heavy (non-hydrogen) atoms. The first-order valence-electron chi connectivity index (χ1n) is 6.96. The van der Waals surface area contributed by atoms with Crippen LogP contribution in [0.3, 0.4) is 0 Å². The molecule has 0 saturated carbocycles. The number of urea groups is 1. The Kier molecular flexibility index (Phi) is 3.56. The first kappa shape index (κ1) is 12.9. The summed E-state index contributed by atoms with van der Waals surface area (Å²) in [6.45, 7) is 1.22. The van der Waals surface area contributed by atoms with E-state index in [0.29, 0.717) is 25.9 Å². The van der Waals surface area contributed by atoms with Gasteiger partial charge in [-0.05, 0) is 24.3 Å². The van der Waals surface area contributed by atoms with Crippen LogP contribution in [0, 0.1) is 0 Å². The number of nitrogens with one attached hydrogen (secondary N) is 1. The minimum atomic E-state index is -0.267. The molecule has 0 radical (unpaired) electrons. The van der Waals surface area contributed by atoms with E-state index in [1.807, 2.05) is 42.5 Å². The summed E-state index contributed by atoms with van der Waals surface area (Å²) in [7, 11) is 0. The Bertz CT molecular complexity index is 613. The number of hydrogen-bond donors (Lipinski definition) is 2. The number of aliphatic hydroxyl groups is 1. The number of rotatable bonds is 1. The molecule has 1 aliphatic rings. The molecule has 104 valence electrons. The number of fused-ring (bicyclic) bond motifs is 1. The third-order valence-corrected chi connectivity index (χ3v) is 3.78. The maximum atomic E-state index is 12.3. The highest BCUT2D eigenvalue weighted by molar-refractivity contribution is 6.01. The number of anilines is 1. The van der Waals surface area contributed by atoms with E-state index in [-0.39, 0.29) is 12.1 Å². The van der Waals surface area contributed by atoms with Gasteiger partial charge in [0.05, 0.1) is 11.8 Å². The average molecular weight is 270 g/mol. The summed E-state index contributed by atoms with van der Waals surface area (Å²) < 4.78 is 0. The SMILES string of the molecule is O=C(Nc1cccc2ccccc12)N1CCC(O)CC1. The van der Waals surface area contributed by atoms with Gasteiger partial charge in [0, 0.05) is 18.5 Å². The second kappa shape index (κ2) is 5.51. The molecular formula is C16H18N2O2. The van der Waals surface area contributed by atoms with E-state index in [1.54, 1.807) is 4.90 Å². The lowest BCUT2D eigenvalue weighted by Gasteiger charge is -2.29. The van der Waals surface area contributed by atoms with Gasteiger partial charge in [0.1, 0.15) is 0 Å². The third-order valence-electron chi connectivity index (χ3n) is 3.78. The zero-order valence-electron chi connectivity index (χ0n) is 11.2. The number of nitrogens with zero attached hydrogens (tertiary/aromatic N) is 1. The average Bonchev–Trinajstić information content (AvgIpc) is 2.48. The Morgan fingerprint density at radius 2 is 1.80 bits per heavy atom. The standard InChI is InChI=1S/C16H18N2O2/c19-13-8-10-18(11-9-13)16(20)17-15-7-3-5-12-4-1-2-6-14(12)15/h1-7,13,19H,8-11H2,(H,17,20). The van der Waals surface area contributed by atoms with Crippen molar-refractivity contribution >= 4 is 22.5 Å². The smallest absolute Gasteiger partial charge is 0.321 e. The quantitative estimate of drug-likeness (QED) is 0.837. The Balaban J connectivity index is 1.77. The van der Waals surface area contributed by atoms with Crippen molar-refractivity contribution in [3.05, 3.63) is 42.5 Å². The van der Waals surface area contributed by atoms with Crippen LogP contribution in [0.5, 0.6) is 0 Å². The Morgan fingerprint density at radius 1 is 1.10 bits per heavy atom. The summed E-state index contributed by atoms with van der Waals surface area (Å²) in [5.74, 6) is 0. The van der Waals surface area contributed by atoms with Gasteiger partial charge in [0.2, 0.25) is 0 Å². The molecule has 2 N–H and O–H groups in total. The highest BCUT2D eigenvalue weighted by atomic mass is 16.3. The van der Waals surface area contributed by atoms with Crippen LogP contribution in [-0.2, 0) is 0 Å². The topological polar surface area (TPSA) is 52.6 Å². The number of likely N-dealkylation sites (tertiary alicyclic amines) is 1. The molecule has 0 aromatic heterocycles. The maximum Gasteiger partial charge on any atom is 0.321 e. The predicted octanol–water partition coefficient (Wildman–Crippen LogP) is 2.83. The molecule has 2 amide bonds. The molecule has 1 fully saturated rings. The first-order valence-corrected chi connectivity index (χ1v) is 6.96. The van der Waals surface area contributed by atoms with Crippen LogP contribution in [0.2, 0.25) is 0 Å². The van der Waals surface area contributed by atoms with Crippen LogP contribution in [0.1, 0.15) is 12.8 Å². The third kappa shape index (κ3) is 2.60. The lowest BCUT2D eigenvalue weighted by Crippen LogP contribution is -2.42. The van der Waals surface area contributed by atoms with Gasteiger partial charge >= 0.3 is 6.03 Å². The van der Waals surface area contributed by atoms with Gasteiger partial charge in [-0.2, -0.15) is 0 Å². The maximum absolute atomic E-state index is 12.3. The number of piperidine rings is 1. The van der Waals surface area contributed by atoms with Gasteiger partial charge < -0.3 is 15.3 Å². The summed E-state index contributed by atoms with van der Waals surface area (Å²) in [6, 6.07) is 13.8. The second-order valence-corrected chi connectivity index (χ2v) is 5.18. The fourth-order valence-corrected chi connectivity index (χ4v) is 2.60. The number of carbonyl (C=O) groups excluding carboxylic acids is 1. The molecule has 1 saturated heterocycles. The summed E-state index contributed by atoms with van der Waals surface area (Å²) in [6.07, 6.45) is 1.04.